The molecule has 0 fully saturated rings. The fourth-order valence-corrected chi connectivity index (χ4v) is 4.68. The summed E-state index contributed by atoms with van der Waals surface area (Å²) in [6, 6.07) is 16.9. The van der Waals surface area contributed by atoms with Crippen LogP contribution in [0.15, 0.2) is 77.6 Å². The van der Waals surface area contributed by atoms with Gasteiger partial charge in [-0.1, -0.05) is 30.3 Å². The summed E-state index contributed by atoms with van der Waals surface area (Å²) >= 11 is 0. The molecule has 0 saturated heterocycles. The third-order valence-electron chi connectivity index (χ3n) is 6.62. The number of ether oxygens (including phenoxy) is 1. The zero-order chi connectivity index (χ0) is 25.0. The van der Waals surface area contributed by atoms with Gasteiger partial charge in [0, 0.05) is 35.1 Å². The molecule has 1 atom stereocenters. The predicted molar refractivity (Wildman–Crippen MR) is 138 cm³/mol. The highest BCUT2D eigenvalue weighted by Crippen LogP contribution is 2.38. The van der Waals surface area contributed by atoms with Crippen LogP contribution in [0.3, 0.4) is 0 Å². The van der Waals surface area contributed by atoms with Gasteiger partial charge in [0.05, 0.1) is 16.5 Å². The van der Waals surface area contributed by atoms with Crippen LogP contribution in [0.1, 0.15) is 40.1 Å². The van der Waals surface area contributed by atoms with Crippen molar-refractivity contribution in [2.75, 3.05) is 0 Å². The lowest BCUT2D eigenvalue weighted by Crippen LogP contribution is -2.07. The second-order valence-corrected chi connectivity index (χ2v) is 8.93. The molecule has 0 saturated carbocycles. The van der Waals surface area contributed by atoms with Crippen LogP contribution in [0.5, 0.6) is 5.75 Å². The zero-order valence-electron chi connectivity index (χ0n) is 20.0. The molecule has 2 aromatic carbocycles. The molecule has 6 aromatic rings. The van der Waals surface area contributed by atoms with Gasteiger partial charge in [0.25, 0.3) is 0 Å². The maximum absolute atomic E-state index is 12.5. The molecule has 7 heteroatoms. The Bertz CT molecular complexity index is 1800. The van der Waals surface area contributed by atoms with Crippen molar-refractivity contribution in [3.05, 3.63) is 95.4 Å². The summed E-state index contributed by atoms with van der Waals surface area (Å²) in [5.41, 5.74) is 5.45. The SMILES string of the molecule is Cc1c(-c2cc(C(=O)O)c3c(O[C@H](C)c4ccc5nccn5c4)ccc(C)c3n2)oc2ccccc12. The first-order chi connectivity index (χ1) is 17.4. The molecule has 36 heavy (non-hydrogen) atoms. The first kappa shape index (κ1) is 21.9. The standard InChI is InChI=1S/C29H23N3O4/c1-16-8-10-24(35-18(3)19-9-11-25-30-12-13-32(25)15-19)26-21(29(33)34)14-22(31-27(16)26)28-17(2)20-6-4-5-7-23(20)36-28/h4-15,18H,1-3H3,(H,33,34)/t18-/m1/s1. The highest BCUT2D eigenvalue weighted by atomic mass is 16.5. The first-order valence-electron chi connectivity index (χ1n) is 11.7. The fraction of sp³-hybridized carbons (Fsp3) is 0.138. The maximum Gasteiger partial charge on any atom is 0.336 e. The van der Waals surface area contributed by atoms with Gasteiger partial charge in [-0.05, 0) is 50.6 Å². The number of fused-ring (bicyclic) bond motifs is 3. The summed E-state index contributed by atoms with van der Waals surface area (Å²) in [4.78, 5) is 21.6. The quantitative estimate of drug-likeness (QED) is 0.295. The fourth-order valence-electron chi connectivity index (χ4n) is 4.68. The Morgan fingerprint density at radius 3 is 2.75 bits per heavy atom. The van der Waals surface area contributed by atoms with Crippen LogP contribution >= 0.6 is 0 Å². The number of furan rings is 1. The Kier molecular flexibility index (Phi) is 5.00. The number of imidazole rings is 1. The van der Waals surface area contributed by atoms with E-state index in [0.717, 1.165) is 33.3 Å². The van der Waals surface area contributed by atoms with Gasteiger partial charge < -0.3 is 18.7 Å². The van der Waals surface area contributed by atoms with E-state index in [-0.39, 0.29) is 11.7 Å². The average molecular weight is 478 g/mol. The topological polar surface area (TPSA) is 89.9 Å². The highest BCUT2D eigenvalue weighted by molar-refractivity contribution is 6.07. The molecule has 1 N–H and O–H groups in total. The van der Waals surface area contributed by atoms with E-state index in [1.807, 2.05) is 86.1 Å². The molecule has 0 amide bonds. The molecule has 6 rings (SSSR count). The number of benzene rings is 2. The number of carboxylic acids is 1. The minimum atomic E-state index is -1.06. The van der Waals surface area contributed by atoms with Crippen molar-refractivity contribution in [1.82, 2.24) is 14.4 Å². The molecule has 0 aliphatic carbocycles. The number of aromatic nitrogens is 3. The number of rotatable bonds is 5. The number of hydrogen-bond donors (Lipinski definition) is 1. The second-order valence-electron chi connectivity index (χ2n) is 8.93. The van der Waals surface area contributed by atoms with E-state index >= 15 is 0 Å². The Labute approximate surface area is 206 Å². The van der Waals surface area contributed by atoms with E-state index in [9.17, 15) is 9.90 Å². The Morgan fingerprint density at radius 2 is 1.94 bits per heavy atom. The summed E-state index contributed by atoms with van der Waals surface area (Å²) in [6.07, 6.45) is 5.24. The first-order valence-corrected chi connectivity index (χ1v) is 11.7. The summed E-state index contributed by atoms with van der Waals surface area (Å²) in [5.74, 6) is -0.0275. The number of nitrogens with zero attached hydrogens (tertiary/aromatic N) is 3. The number of hydrogen-bond acceptors (Lipinski definition) is 5. The molecule has 4 heterocycles. The number of carboxylic acid groups (broad SMARTS) is 1. The van der Waals surface area contributed by atoms with Crippen LogP contribution in [0.2, 0.25) is 0 Å². The van der Waals surface area contributed by atoms with E-state index in [2.05, 4.69) is 4.98 Å². The van der Waals surface area contributed by atoms with Crippen molar-refractivity contribution in [2.45, 2.75) is 26.9 Å². The monoisotopic (exact) mass is 477 g/mol. The molecule has 0 radical (unpaired) electrons. The number of aryl methyl sites for hydroxylation is 2. The molecule has 7 nitrogen and oxygen atoms in total. The van der Waals surface area contributed by atoms with Gasteiger partial charge in [0.1, 0.15) is 28.8 Å². The van der Waals surface area contributed by atoms with Crippen LogP contribution < -0.4 is 4.74 Å². The van der Waals surface area contributed by atoms with Crippen LogP contribution in [0.25, 0.3) is 39.0 Å². The summed E-state index contributed by atoms with van der Waals surface area (Å²) in [5, 5.41) is 11.6. The zero-order valence-corrected chi connectivity index (χ0v) is 20.0. The van der Waals surface area contributed by atoms with Crippen LogP contribution in [-0.4, -0.2) is 25.4 Å². The van der Waals surface area contributed by atoms with Crippen molar-refractivity contribution in [3.8, 4) is 17.2 Å². The normalized spacial score (nSPS) is 12.4. The lowest BCUT2D eigenvalue weighted by Gasteiger charge is -2.19. The van der Waals surface area contributed by atoms with Gasteiger partial charge in [-0.25, -0.2) is 14.8 Å². The van der Waals surface area contributed by atoms with E-state index < -0.39 is 5.97 Å². The lowest BCUT2D eigenvalue weighted by atomic mass is 10.0. The number of para-hydroxylation sites is 1. The number of aromatic carboxylic acids is 1. The van der Waals surface area contributed by atoms with Crippen molar-refractivity contribution in [2.24, 2.45) is 0 Å². The number of pyridine rings is 2. The molecule has 0 bridgehead atoms. The molecular formula is C29H23N3O4. The van der Waals surface area contributed by atoms with Gasteiger partial charge in [0.2, 0.25) is 0 Å². The van der Waals surface area contributed by atoms with Crippen LogP contribution in [0.4, 0.5) is 0 Å². The Balaban J connectivity index is 1.49. The summed E-state index contributed by atoms with van der Waals surface area (Å²) in [6.45, 7) is 5.80. The van der Waals surface area contributed by atoms with Gasteiger partial charge in [-0.2, -0.15) is 0 Å². The minimum Gasteiger partial charge on any atom is -0.485 e. The largest absolute Gasteiger partial charge is 0.485 e. The van der Waals surface area contributed by atoms with Gasteiger partial charge >= 0.3 is 5.97 Å². The van der Waals surface area contributed by atoms with Gasteiger partial charge in [-0.15, -0.1) is 0 Å². The van der Waals surface area contributed by atoms with Gasteiger partial charge in [-0.3, -0.25) is 0 Å². The van der Waals surface area contributed by atoms with Gasteiger partial charge in [0.15, 0.2) is 5.76 Å². The van der Waals surface area contributed by atoms with E-state index in [1.165, 1.54) is 0 Å². The van der Waals surface area contributed by atoms with Crippen molar-refractivity contribution >= 4 is 33.5 Å². The minimum absolute atomic E-state index is 0.116. The average Bonchev–Trinajstić information content (AvgIpc) is 3.49. The third-order valence-corrected chi connectivity index (χ3v) is 6.62. The lowest BCUT2D eigenvalue weighted by molar-refractivity contribution is 0.0698. The Morgan fingerprint density at radius 1 is 1.11 bits per heavy atom. The van der Waals surface area contributed by atoms with Crippen molar-refractivity contribution in [3.63, 3.8) is 0 Å². The summed E-state index contributed by atoms with van der Waals surface area (Å²) in [7, 11) is 0. The molecule has 4 aromatic heterocycles. The molecule has 0 spiro atoms. The van der Waals surface area contributed by atoms with E-state index in [1.54, 1.807) is 12.3 Å². The smallest absolute Gasteiger partial charge is 0.336 e. The van der Waals surface area contributed by atoms with E-state index in [0.29, 0.717) is 28.1 Å². The van der Waals surface area contributed by atoms with Crippen molar-refractivity contribution < 1.29 is 19.1 Å². The van der Waals surface area contributed by atoms with Crippen LogP contribution in [-0.2, 0) is 0 Å². The van der Waals surface area contributed by atoms with Crippen molar-refractivity contribution in [1.29, 1.82) is 0 Å². The predicted octanol–water partition coefficient (Wildman–Crippen LogP) is 6.75. The Hall–Kier alpha value is -4.65. The number of carbonyl (C=O) groups is 1. The molecule has 178 valence electrons. The molecule has 0 aliphatic heterocycles. The molecule has 0 unspecified atom stereocenters. The molecular weight excluding hydrogens is 454 g/mol. The summed E-state index contributed by atoms with van der Waals surface area (Å²) < 4.78 is 14.4. The molecule has 0 aliphatic rings. The second kappa shape index (κ2) is 8.23. The maximum atomic E-state index is 12.5. The third kappa shape index (κ3) is 3.48. The van der Waals surface area contributed by atoms with Crippen LogP contribution in [0, 0.1) is 13.8 Å². The highest BCUT2D eigenvalue weighted by Gasteiger charge is 2.22. The van der Waals surface area contributed by atoms with E-state index in [4.69, 9.17) is 14.1 Å².